The second-order valence-electron chi connectivity index (χ2n) is 7.70. The number of para-hydroxylation sites is 1. The van der Waals surface area contributed by atoms with Gasteiger partial charge in [0.2, 0.25) is 11.9 Å². The first-order valence-corrected chi connectivity index (χ1v) is 9.97. The van der Waals surface area contributed by atoms with Crippen LogP contribution in [0.3, 0.4) is 0 Å². The van der Waals surface area contributed by atoms with E-state index in [2.05, 4.69) is 30.9 Å². The van der Waals surface area contributed by atoms with E-state index in [9.17, 15) is 4.79 Å². The van der Waals surface area contributed by atoms with E-state index in [0.29, 0.717) is 17.8 Å². The zero-order valence-corrected chi connectivity index (χ0v) is 15.6. The highest BCUT2D eigenvalue weighted by Gasteiger charge is 2.30. The van der Waals surface area contributed by atoms with E-state index in [4.69, 9.17) is 0 Å². The predicted octanol–water partition coefficient (Wildman–Crippen LogP) is 2.46. The Morgan fingerprint density at radius 1 is 1.00 bits per heavy atom. The summed E-state index contributed by atoms with van der Waals surface area (Å²) in [6.07, 6.45) is 7.71. The van der Waals surface area contributed by atoms with Crippen LogP contribution in [0.25, 0.3) is 16.9 Å². The van der Waals surface area contributed by atoms with E-state index in [-0.39, 0.29) is 17.9 Å². The van der Waals surface area contributed by atoms with Crippen molar-refractivity contribution in [2.75, 3.05) is 5.32 Å². The summed E-state index contributed by atoms with van der Waals surface area (Å²) in [5.74, 6) is 1.65. The van der Waals surface area contributed by atoms with Crippen LogP contribution in [0.1, 0.15) is 38.5 Å². The minimum absolute atomic E-state index is 0.146. The molecule has 2 aliphatic rings. The van der Waals surface area contributed by atoms with Crippen LogP contribution in [0.5, 0.6) is 0 Å². The molecule has 0 spiro atoms. The van der Waals surface area contributed by atoms with Gasteiger partial charge in [0.05, 0.1) is 5.52 Å². The van der Waals surface area contributed by atoms with Crippen molar-refractivity contribution in [3.63, 3.8) is 0 Å². The summed E-state index contributed by atoms with van der Waals surface area (Å²) in [4.78, 5) is 21.2. The van der Waals surface area contributed by atoms with Gasteiger partial charge in [-0.2, -0.15) is 9.67 Å². The molecule has 8 nitrogen and oxygen atoms in total. The van der Waals surface area contributed by atoms with Crippen molar-refractivity contribution < 1.29 is 4.79 Å². The first-order valence-electron chi connectivity index (χ1n) is 9.97. The minimum atomic E-state index is 0.146. The van der Waals surface area contributed by atoms with Crippen molar-refractivity contribution in [1.29, 1.82) is 0 Å². The molecule has 0 aliphatic heterocycles. The zero-order valence-electron chi connectivity index (χ0n) is 15.6. The Morgan fingerprint density at radius 2 is 1.79 bits per heavy atom. The van der Waals surface area contributed by atoms with E-state index in [1.165, 1.54) is 0 Å². The molecule has 144 valence electrons. The van der Waals surface area contributed by atoms with Crippen molar-refractivity contribution in [2.45, 2.75) is 50.6 Å². The normalized spacial score (nSPS) is 22.1. The largest absolute Gasteiger partial charge is 0.353 e. The molecule has 8 heteroatoms. The molecule has 5 rings (SSSR count). The molecule has 2 N–H and O–H groups in total. The van der Waals surface area contributed by atoms with Crippen LogP contribution >= 0.6 is 0 Å². The van der Waals surface area contributed by atoms with Crippen LogP contribution in [0, 0.1) is 5.92 Å². The number of fused-ring (bicyclic) bond motifs is 1. The number of rotatable bonds is 5. The third-order valence-electron chi connectivity index (χ3n) is 5.56. The maximum absolute atomic E-state index is 12.2. The molecule has 1 aromatic carbocycles. The van der Waals surface area contributed by atoms with Crippen molar-refractivity contribution in [3.8, 4) is 5.82 Å². The van der Waals surface area contributed by atoms with Crippen LogP contribution in [-0.4, -0.2) is 43.0 Å². The molecule has 0 saturated heterocycles. The summed E-state index contributed by atoms with van der Waals surface area (Å²) in [5, 5.41) is 15.0. The van der Waals surface area contributed by atoms with E-state index in [0.717, 1.165) is 49.6 Å². The van der Waals surface area contributed by atoms with Crippen LogP contribution in [-0.2, 0) is 4.79 Å². The number of carbonyl (C=O) groups excluding carboxylic acids is 1. The number of hydrogen-bond donors (Lipinski definition) is 2. The van der Waals surface area contributed by atoms with Crippen molar-refractivity contribution in [1.82, 2.24) is 30.3 Å². The summed E-state index contributed by atoms with van der Waals surface area (Å²) < 4.78 is 1.72. The van der Waals surface area contributed by atoms with E-state index >= 15 is 0 Å². The third kappa shape index (κ3) is 3.54. The highest BCUT2D eigenvalue weighted by molar-refractivity contribution is 5.79. The SMILES string of the molecule is O=C(NC1CC1)[C@H]1CC[C@H](Nc2nccc(-n3nnc4ccccc43)n2)CC1. The van der Waals surface area contributed by atoms with Crippen LogP contribution in [0.15, 0.2) is 36.5 Å². The molecular weight excluding hydrogens is 354 g/mol. The van der Waals surface area contributed by atoms with Gasteiger partial charge in [-0.25, -0.2) is 4.98 Å². The smallest absolute Gasteiger partial charge is 0.224 e. The molecule has 0 radical (unpaired) electrons. The third-order valence-corrected chi connectivity index (χ3v) is 5.56. The summed E-state index contributed by atoms with van der Waals surface area (Å²) in [6.45, 7) is 0. The van der Waals surface area contributed by atoms with Gasteiger partial charge in [0.1, 0.15) is 5.52 Å². The maximum atomic E-state index is 12.2. The van der Waals surface area contributed by atoms with Gasteiger partial charge < -0.3 is 10.6 Å². The second-order valence-corrected chi connectivity index (χ2v) is 7.70. The number of hydrogen-bond acceptors (Lipinski definition) is 6. The Morgan fingerprint density at radius 3 is 2.61 bits per heavy atom. The standard InChI is InChI=1S/C20H23N7O/c28-19(22-14-9-10-14)13-5-7-15(8-6-13)23-20-21-12-11-18(24-20)27-17-4-2-1-3-16(17)25-26-27/h1-4,11-15H,5-10H2,(H,22,28)(H,21,23,24)/t13-,15-. The number of aromatic nitrogens is 5. The monoisotopic (exact) mass is 377 g/mol. The molecule has 2 aliphatic carbocycles. The summed E-state index contributed by atoms with van der Waals surface area (Å²) in [6, 6.07) is 10.3. The van der Waals surface area contributed by atoms with Gasteiger partial charge in [0, 0.05) is 30.3 Å². The summed E-state index contributed by atoms with van der Waals surface area (Å²) in [7, 11) is 0. The van der Waals surface area contributed by atoms with E-state index in [1.807, 2.05) is 30.3 Å². The maximum Gasteiger partial charge on any atom is 0.224 e. The zero-order chi connectivity index (χ0) is 18.9. The molecule has 0 unspecified atom stereocenters. The van der Waals surface area contributed by atoms with Gasteiger partial charge in [-0.1, -0.05) is 17.3 Å². The average molecular weight is 377 g/mol. The van der Waals surface area contributed by atoms with Crippen LogP contribution < -0.4 is 10.6 Å². The molecule has 0 atom stereocenters. The lowest BCUT2D eigenvalue weighted by atomic mass is 9.85. The van der Waals surface area contributed by atoms with Gasteiger partial charge in [-0.3, -0.25) is 4.79 Å². The Kier molecular flexibility index (Phi) is 4.38. The fraction of sp³-hybridized carbons (Fsp3) is 0.450. The fourth-order valence-corrected chi connectivity index (χ4v) is 3.80. The number of benzene rings is 1. The van der Waals surface area contributed by atoms with Gasteiger partial charge in [-0.15, -0.1) is 5.10 Å². The number of nitrogens with zero attached hydrogens (tertiary/aromatic N) is 5. The molecule has 2 heterocycles. The van der Waals surface area contributed by atoms with Crippen molar-refractivity contribution >= 4 is 22.9 Å². The summed E-state index contributed by atoms with van der Waals surface area (Å²) >= 11 is 0. The lowest BCUT2D eigenvalue weighted by Crippen LogP contribution is -2.37. The Bertz CT molecular complexity index is 989. The highest BCUT2D eigenvalue weighted by Crippen LogP contribution is 2.28. The van der Waals surface area contributed by atoms with Crippen molar-refractivity contribution in [3.05, 3.63) is 36.5 Å². The van der Waals surface area contributed by atoms with Gasteiger partial charge in [0.15, 0.2) is 5.82 Å². The van der Waals surface area contributed by atoms with Crippen LogP contribution in [0.4, 0.5) is 5.95 Å². The predicted molar refractivity (Wildman–Crippen MR) is 105 cm³/mol. The lowest BCUT2D eigenvalue weighted by Gasteiger charge is -2.28. The Balaban J connectivity index is 1.24. The molecule has 3 aromatic rings. The molecular formula is C20H23N7O. The number of carbonyl (C=O) groups is 1. The topological polar surface area (TPSA) is 97.6 Å². The summed E-state index contributed by atoms with van der Waals surface area (Å²) in [5.41, 5.74) is 1.74. The molecule has 2 fully saturated rings. The molecule has 2 saturated carbocycles. The first-order chi connectivity index (χ1) is 13.8. The number of nitrogens with one attached hydrogen (secondary N) is 2. The number of amides is 1. The average Bonchev–Trinajstić information content (AvgIpc) is 3.44. The van der Waals surface area contributed by atoms with E-state index < -0.39 is 0 Å². The Labute approximate surface area is 162 Å². The fourth-order valence-electron chi connectivity index (χ4n) is 3.80. The molecule has 2 aromatic heterocycles. The molecule has 28 heavy (non-hydrogen) atoms. The quantitative estimate of drug-likeness (QED) is 0.709. The number of anilines is 1. The van der Waals surface area contributed by atoms with Gasteiger partial charge in [-0.05, 0) is 50.7 Å². The first kappa shape index (κ1) is 17.1. The highest BCUT2D eigenvalue weighted by atomic mass is 16.2. The Hall–Kier alpha value is -3.03. The van der Waals surface area contributed by atoms with Crippen LogP contribution in [0.2, 0.25) is 0 Å². The molecule has 0 bridgehead atoms. The molecule has 1 amide bonds. The van der Waals surface area contributed by atoms with Gasteiger partial charge in [0.25, 0.3) is 0 Å². The second kappa shape index (κ2) is 7.18. The van der Waals surface area contributed by atoms with Gasteiger partial charge >= 0.3 is 0 Å². The van der Waals surface area contributed by atoms with E-state index in [1.54, 1.807) is 10.9 Å². The van der Waals surface area contributed by atoms with Crippen molar-refractivity contribution in [2.24, 2.45) is 5.92 Å². The minimum Gasteiger partial charge on any atom is -0.353 e. The lowest BCUT2D eigenvalue weighted by molar-refractivity contribution is -0.126.